The van der Waals surface area contributed by atoms with E-state index in [0.29, 0.717) is 19.0 Å². The smallest absolute Gasteiger partial charge is 0.318 e. The fourth-order valence-corrected chi connectivity index (χ4v) is 4.00. The van der Waals surface area contributed by atoms with Crippen LogP contribution in [0.15, 0.2) is 24.3 Å². The van der Waals surface area contributed by atoms with E-state index in [0.717, 1.165) is 42.5 Å². The van der Waals surface area contributed by atoms with E-state index in [1.165, 1.54) is 25.0 Å². The number of carbonyl (C=O) groups excluding carboxylic acids is 2. The Morgan fingerprint density at radius 1 is 1.29 bits per heavy atom. The van der Waals surface area contributed by atoms with Gasteiger partial charge < -0.3 is 20.1 Å². The van der Waals surface area contributed by atoms with E-state index in [2.05, 4.69) is 10.3 Å². The van der Waals surface area contributed by atoms with Gasteiger partial charge in [-0.15, -0.1) is 0 Å². The second-order valence-electron chi connectivity index (χ2n) is 8.04. The molecule has 2 N–H and O–H groups in total. The third kappa shape index (κ3) is 4.29. The molecule has 6 nitrogen and oxygen atoms in total. The molecule has 4 rings (SSSR count). The average Bonchev–Trinajstić information content (AvgIpc) is 3.42. The van der Waals surface area contributed by atoms with Crippen LogP contribution in [-0.4, -0.2) is 52.4 Å². The Hall–Kier alpha value is -2.57. The fourth-order valence-electron chi connectivity index (χ4n) is 4.00. The van der Waals surface area contributed by atoms with Crippen LogP contribution in [0, 0.1) is 11.7 Å². The predicted molar refractivity (Wildman–Crippen MR) is 105 cm³/mol. The van der Waals surface area contributed by atoms with Crippen LogP contribution in [0.25, 0.3) is 10.9 Å². The van der Waals surface area contributed by atoms with Crippen LogP contribution < -0.4 is 5.32 Å². The predicted octanol–water partition coefficient (Wildman–Crippen LogP) is 3.24. The van der Waals surface area contributed by atoms with Crippen molar-refractivity contribution in [2.75, 3.05) is 19.6 Å². The van der Waals surface area contributed by atoms with Gasteiger partial charge in [0, 0.05) is 43.2 Å². The van der Waals surface area contributed by atoms with Crippen molar-refractivity contribution >= 4 is 22.8 Å². The van der Waals surface area contributed by atoms with E-state index >= 15 is 0 Å². The van der Waals surface area contributed by atoms with Gasteiger partial charge in [0.25, 0.3) is 0 Å². The van der Waals surface area contributed by atoms with Crippen LogP contribution in [0.5, 0.6) is 0 Å². The minimum Gasteiger partial charge on any atom is -0.357 e. The Labute approximate surface area is 164 Å². The SMILES string of the molecule is CC(=O)N1CCCC(N(CC2CC2)C(=O)NCc2cc3cc(F)ccc3[nH]2)C1. The maximum atomic E-state index is 13.4. The summed E-state index contributed by atoms with van der Waals surface area (Å²) >= 11 is 0. The first kappa shape index (κ1) is 18.8. The van der Waals surface area contributed by atoms with Crippen molar-refractivity contribution < 1.29 is 14.0 Å². The van der Waals surface area contributed by atoms with Crippen molar-refractivity contribution in [2.45, 2.75) is 45.2 Å². The summed E-state index contributed by atoms with van der Waals surface area (Å²) in [6.07, 6.45) is 4.18. The number of amides is 3. The number of aromatic amines is 1. The second kappa shape index (κ2) is 7.81. The van der Waals surface area contributed by atoms with Crippen LogP contribution in [-0.2, 0) is 11.3 Å². The van der Waals surface area contributed by atoms with Gasteiger partial charge in [-0.2, -0.15) is 0 Å². The highest BCUT2D eigenvalue weighted by Crippen LogP contribution is 2.31. The molecule has 1 aromatic carbocycles. The Balaban J connectivity index is 1.42. The highest BCUT2D eigenvalue weighted by atomic mass is 19.1. The fraction of sp³-hybridized carbons (Fsp3) is 0.524. The lowest BCUT2D eigenvalue weighted by Gasteiger charge is -2.39. The number of rotatable bonds is 5. The van der Waals surface area contributed by atoms with Gasteiger partial charge in [0.15, 0.2) is 0 Å². The van der Waals surface area contributed by atoms with E-state index in [1.807, 2.05) is 15.9 Å². The quantitative estimate of drug-likeness (QED) is 0.828. The third-order valence-electron chi connectivity index (χ3n) is 5.76. The lowest BCUT2D eigenvalue weighted by atomic mass is 10.0. The lowest BCUT2D eigenvalue weighted by Crippen LogP contribution is -2.54. The molecule has 2 heterocycles. The van der Waals surface area contributed by atoms with Gasteiger partial charge in [0.05, 0.1) is 12.6 Å². The van der Waals surface area contributed by atoms with E-state index < -0.39 is 0 Å². The molecule has 1 unspecified atom stereocenters. The number of hydrogen-bond donors (Lipinski definition) is 2. The molecule has 1 aromatic heterocycles. The molecule has 1 saturated carbocycles. The van der Waals surface area contributed by atoms with Crippen molar-refractivity contribution in [1.82, 2.24) is 20.1 Å². The van der Waals surface area contributed by atoms with E-state index in [1.54, 1.807) is 13.0 Å². The van der Waals surface area contributed by atoms with Crippen LogP contribution in [0.3, 0.4) is 0 Å². The minimum atomic E-state index is -0.273. The molecule has 0 bridgehead atoms. The number of carbonyl (C=O) groups is 2. The van der Waals surface area contributed by atoms with E-state index in [4.69, 9.17) is 0 Å². The molecule has 2 fully saturated rings. The molecule has 0 radical (unpaired) electrons. The van der Waals surface area contributed by atoms with Crippen molar-refractivity contribution in [1.29, 1.82) is 0 Å². The number of halogens is 1. The lowest BCUT2D eigenvalue weighted by molar-refractivity contribution is -0.130. The number of benzene rings is 1. The summed E-state index contributed by atoms with van der Waals surface area (Å²) in [7, 11) is 0. The molecule has 2 aliphatic rings. The Morgan fingerprint density at radius 2 is 2.11 bits per heavy atom. The number of H-pyrrole nitrogens is 1. The van der Waals surface area contributed by atoms with E-state index in [-0.39, 0.29) is 23.8 Å². The Morgan fingerprint density at radius 3 is 2.86 bits per heavy atom. The molecule has 1 aliphatic carbocycles. The minimum absolute atomic E-state index is 0.0649. The van der Waals surface area contributed by atoms with Gasteiger partial charge in [-0.05, 0) is 55.9 Å². The van der Waals surface area contributed by atoms with Gasteiger partial charge >= 0.3 is 6.03 Å². The summed E-state index contributed by atoms with van der Waals surface area (Å²) in [4.78, 5) is 31.7. The summed E-state index contributed by atoms with van der Waals surface area (Å²) in [6.45, 7) is 4.09. The molecule has 3 amide bonds. The van der Waals surface area contributed by atoms with Crippen molar-refractivity contribution in [3.05, 3.63) is 35.8 Å². The zero-order valence-electron chi connectivity index (χ0n) is 16.2. The molecule has 2 aromatic rings. The number of nitrogens with one attached hydrogen (secondary N) is 2. The van der Waals surface area contributed by atoms with Gasteiger partial charge in [-0.3, -0.25) is 4.79 Å². The standard InChI is InChI=1S/C21H27FN4O2/c1-14(27)25-8-2-3-19(13-25)26(12-15-4-5-15)21(28)23-11-18-10-16-9-17(22)6-7-20(16)24-18/h6-7,9-10,15,19,24H,2-5,8,11-13H2,1H3,(H,23,28). The Bertz CT molecular complexity index is 876. The number of likely N-dealkylation sites (tertiary alicyclic amines) is 1. The van der Waals surface area contributed by atoms with Crippen molar-refractivity contribution in [3.8, 4) is 0 Å². The molecular formula is C21H27FN4O2. The van der Waals surface area contributed by atoms with Crippen LogP contribution in [0.4, 0.5) is 9.18 Å². The first-order valence-corrected chi connectivity index (χ1v) is 10.1. The van der Waals surface area contributed by atoms with E-state index in [9.17, 15) is 14.0 Å². The molecule has 28 heavy (non-hydrogen) atoms. The number of urea groups is 1. The molecule has 1 atom stereocenters. The largest absolute Gasteiger partial charge is 0.357 e. The second-order valence-corrected chi connectivity index (χ2v) is 8.04. The maximum Gasteiger partial charge on any atom is 0.318 e. The maximum absolute atomic E-state index is 13.4. The summed E-state index contributed by atoms with van der Waals surface area (Å²) in [5.41, 5.74) is 1.69. The summed E-state index contributed by atoms with van der Waals surface area (Å²) < 4.78 is 13.4. The van der Waals surface area contributed by atoms with Gasteiger partial charge in [0.2, 0.25) is 5.91 Å². The summed E-state index contributed by atoms with van der Waals surface area (Å²) in [6, 6.07) is 6.44. The molecule has 1 saturated heterocycles. The molecular weight excluding hydrogens is 359 g/mol. The Kier molecular flexibility index (Phi) is 5.24. The number of aromatic nitrogens is 1. The van der Waals surface area contributed by atoms with Gasteiger partial charge in [-0.25, -0.2) is 9.18 Å². The molecule has 7 heteroatoms. The monoisotopic (exact) mass is 386 g/mol. The summed E-state index contributed by atoms with van der Waals surface area (Å²) in [5.74, 6) is 0.376. The molecule has 1 aliphatic heterocycles. The van der Waals surface area contributed by atoms with Gasteiger partial charge in [-0.1, -0.05) is 0 Å². The first-order chi connectivity index (χ1) is 13.5. The normalized spacial score (nSPS) is 19.6. The van der Waals surface area contributed by atoms with Crippen molar-refractivity contribution in [3.63, 3.8) is 0 Å². The molecule has 150 valence electrons. The summed E-state index contributed by atoms with van der Waals surface area (Å²) in [5, 5.41) is 3.80. The number of nitrogens with zero attached hydrogens (tertiary/aromatic N) is 2. The number of fused-ring (bicyclic) bond motifs is 1. The molecule has 0 spiro atoms. The van der Waals surface area contributed by atoms with Crippen LogP contribution >= 0.6 is 0 Å². The average molecular weight is 386 g/mol. The third-order valence-corrected chi connectivity index (χ3v) is 5.76. The van der Waals surface area contributed by atoms with Crippen molar-refractivity contribution in [2.24, 2.45) is 5.92 Å². The van der Waals surface area contributed by atoms with Crippen LogP contribution in [0.1, 0.15) is 38.3 Å². The first-order valence-electron chi connectivity index (χ1n) is 10.1. The van der Waals surface area contributed by atoms with Crippen LogP contribution in [0.2, 0.25) is 0 Å². The number of piperidine rings is 1. The van der Waals surface area contributed by atoms with Gasteiger partial charge in [0.1, 0.15) is 5.82 Å². The number of hydrogen-bond acceptors (Lipinski definition) is 2. The highest BCUT2D eigenvalue weighted by Gasteiger charge is 2.34. The topological polar surface area (TPSA) is 68.4 Å². The zero-order valence-corrected chi connectivity index (χ0v) is 16.2. The zero-order chi connectivity index (χ0) is 19.7. The highest BCUT2D eigenvalue weighted by molar-refractivity contribution is 5.81.